The largest absolute Gasteiger partial charge is 0.322 e. The van der Waals surface area contributed by atoms with Crippen LogP contribution >= 0.6 is 11.8 Å². The molecule has 184 valence electrons. The van der Waals surface area contributed by atoms with Crippen molar-refractivity contribution in [2.75, 3.05) is 36.5 Å². The van der Waals surface area contributed by atoms with Crippen LogP contribution in [0.1, 0.15) is 47.8 Å². The second kappa shape index (κ2) is 10.7. The lowest BCUT2D eigenvalue weighted by molar-refractivity contribution is 0.0656. The third-order valence-electron chi connectivity index (χ3n) is 6.89. The number of benzene rings is 3. The van der Waals surface area contributed by atoms with Gasteiger partial charge in [-0.25, -0.2) is 0 Å². The third-order valence-corrected chi connectivity index (χ3v) is 7.83. The fourth-order valence-electron chi connectivity index (χ4n) is 4.71. The molecule has 3 aromatic carbocycles. The molecule has 0 aromatic heterocycles. The minimum Gasteiger partial charge on any atom is -0.322 e. The number of thioether (sulfide) groups is 1. The summed E-state index contributed by atoms with van der Waals surface area (Å²) in [5.41, 5.74) is 5.06. The number of amides is 3. The first-order valence-corrected chi connectivity index (χ1v) is 13.4. The van der Waals surface area contributed by atoms with Crippen molar-refractivity contribution >= 4 is 35.2 Å². The van der Waals surface area contributed by atoms with Crippen LogP contribution in [0.3, 0.4) is 0 Å². The summed E-state index contributed by atoms with van der Waals surface area (Å²) in [6.45, 7) is 5.35. The molecule has 2 aliphatic rings. The summed E-state index contributed by atoms with van der Waals surface area (Å²) in [4.78, 5) is 42.7. The molecule has 0 radical (unpaired) electrons. The van der Waals surface area contributed by atoms with Gasteiger partial charge < -0.3 is 5.32 Å². The van der Waals surface area contributed by atoms with E-state index >= 15 is 0 Å². The monoisotopic (exact) mass is 499 g/mol. The maximum Gasteiger partial charge on any atom is 0.261 e. The number of rotatable bonds is 7. The van der Waals surface area contributed by atoms with Gasteiger partial charge >= 0.3 is 0 Å². The van der Waals surface area contributed by atoms with Gasteiger partial charge in [-0.2, -0.15) is 11.8 Å². The zero-order chi connectivity index (χ0) is 25.1. The van der Waals surface area contributed by atoms with E-state index in [2.05, 4.69) is 16.3 Å². The van der Waals surface area contributed by atoms with Crippen LogP contribution in [-0.4, -0.2) is 58.7 Å². The Morgan fingerprint density at radius 3 is 2.44 bits per heavy atom. The molecule has 1 N–H and O–H groups in total. The van der Waals surface area contributed by atoms with Crippen LogP contribution in [0.25, 0.3) is 0 Å². The van der Waals surface area contributed by atoms with Gasteiger partial charge in [-0.15, -0.1) is 0 Å². The van der Waals surface area contributed by atoms with Gasteiger partial charge in [0, 0.05) is 48.9 Å². The first-order valence-electron chi connectivity index (χ1n) is 12.3. The first kappa shape index (κ1) is 24.3. The van der Waals surface area contributed by atoms with Gasteiger partial charge in [0.25, 0.3) is 17.7 Å². The second-order valence-corrected chi connectivity index (χ2v) is 10.4. The Morgan fingerprint density at radius 2 is 1.67 bits per heavy atom. The minimum absolute atomic E-state index is 0.286. The smallest absolute Gasteiger partial charge is 0.261 e. The van der Waals surface area contributed by atoms with Crippen molar-refractivity contribution in [3.8, 4) is 0 Å². The Hall–Kier alpha value is -3.42. The number of carbonyl (C=O) groups excluding carboxylic acids is 3. The average Bonchev–Trinajstić information content (AvgIpc) is 3.15. The van der Waals surface area contributed by atoms with Crippen molar-refractivity contribution in [3.63, 3.8) is 0 Å². The predicted octanol–water partition coefficient (Wildman–Crippen LogP) is 4.63. The Morgan fingerprint density at radius 1 is 0.917 bits per heavy atom. The highest BCUT2D eigenvalue weighted by molar-refractivity contribution is 7.99. The number of nitrogens with zero attached hydrogens (tertiary/aromatic N) is 2. The van der Waals surface area contributed by atoms with Crippen molar-refractivity contribution in [2.24, 2.45) is 0 Å². The Bertz CT molecular complexity index is 1300. The minimum atomic E-state index is -0.349. The van der Waals surface area contributed by atoms with Crippen LogP contribution in [0.5, 0.6) is 0 Å². The SMILES string of the molecule is Cc1c(CN2CCSCC2)cccc1NC(=O)c1ccc2c(c1)C(=O)N(CCc1ccccc1)C2=O. The van der Waals surface area contributed by atoms with Crippen LogP contribution in [0.2, 0.25) is 0 Å². The molecule has 3 aromatic rings. The van der Waals surface area contributed by atoms with Gasteiger partial charge in [0.2, 0.25) is 0 Å². The summed E-state index contributed by atoms with van der Waals surface area (Å²) < 4.78 is 0. The lowest BCUT2D eigenvalue weighted by Crippen LogP contribution is -2.32. The maximum atomic E-state index is 13.1. The molecule has 6 nitrogen and oxygen atoms in total. The van der Waals surface area contributed by atoms with Crippen molar-refractivity contribution in [2.45, 2.75) is 19.9 Å². The lowest BCUT2D eigenvalue weighted by Gasteiger charge is -2.27. The number of hydrogen-bond acceptors (Lipinski definition) is 5. The third kappa shape index (κ3) is 5.08. The normalized spacial score (nSPS) is 15.8. The van der Waals surface area contributed by atoms with Gasteiger partial charge in [0.05, 0.1) is 11.1 Å². The molecule has 3 amide bonds. The number of hydrogen-bond donors (Lipinski definition) is 1. The number of fused-ring (bicyclic) bond motifs is 1. The first-order chi connectivity index (χ1) is 17.5. The van der Waals surface area contributed by atoms with E-state index in [1.54, 1.807) is 12.1 Å². The zero-order valence-electron chi connectivity index (χ0n) is 20.3. The Kier molecular flexibility index (Phi) is 7.20. The van der Waals surface area contributed by atoms with Gasteiger partial charge in [0.1, 0.15) is 0 Å². The highest BCUT2D eigenvalue weighted by Crippen LogP contribution is 2.26. The average molecular weight is 500 g/mol. The summed E-state index contributed by atoms with van der Waals surface area (Å²) in [6, 6.07) is 20.5. The molecular weight excluding hydrogens is 470 g/mol. The topological polar surface area (TPSA) is 69.7 Å². The molecule has 36 heavy (non-hydrogen) atoms. The van der Waals surface area contributed by atoms with Crippen LogP contribution in [-0.2, 0) is 13.0 Å². The number of carbonyl (C=O) groups is 3. The van der Waals surface area contributed by atoms with Gasteiger partial charge in [0.15, 0.2) is 0 Å². The molecule has 7 heteroatoms. The summed E-state index contributed by atoms with van der Waals surface area (Å²) in [5.74, 6) is 1.35. The summed E-state index contributed by atoms with van der Waals surface area (Å²) >= 11 is 1.99. The van der Waals surface area contributed by atoms with Crippen LogP contribution in [0.15, 0.2) is 66.7 Å². The molecular formula is C29H29N3O3S. The van der Waals surface area contributed by atoms with E-state index in [4.69, 9.17) is 0 Å². The highest BCUT2D eigenvalue weighted by Gasteiger charge is 2.35. The van der Waals surface area contributed by atoms with E-state index in [0.717, 1.165) is 48.0 Å². The van der Waals surface area contributed by atoms with E-state index in [1.807, 2.05) is 61.2 Å². The summed E-state index contributed by atoms with van der Waals surface area (Å²) in [5, 5.41) is 3.01. The van der Waals surface area contributed by atoms with E-state index < -0.39 is 0 Å². The molecule has 0 atom stereocenters. The van der Waals surface area contributed by atoms with Crippen LogP contribution in [0.4, 0.5) is 5.69 Å². The molecule has 0 unspecified atom stereocenters. The molecule has 2 aliphatic heterocycles. The van der Waals surface area contributed by atoms with Gasteiger partial charge in [-0.1, -0.05) is 42.5 Å². The van der Waals surface area contributed by atoms with Crippen molar-refractivity contribution < 1.29 is 14.4 Å². The molecule has 0 aliphatic carbocycles. The van der Waals surface area contributed by atoms with Crippen molar-refractivity contribution in [1.29, 1.82) is 0 Å². The van der Waals surface area contributed by atoms with E-state index in [0.29, 0.717) is 24.1 Å². The van der Waals surface area contributed by atoms with Crippen molar-refractivity contribution in [3.05, 3.63) is 100 Å². The molecule has 0 saturated carbocycles. The molecule has 1 saturated heterocycles. The lowest BCUT2D eigenvalue weighted by atomic mass is 10.0. The highest BCUT2D eigenvalue weighted by atomic mass is 32.2. The van der Waals surface area contributed by atoms with Crippen LogP contribution in [0, 0.1) is 6.92 Å². The van der Waals surface area contributed by atoms with E-state index in [-0.39, 0.29) is 23.3 Å². The number of nitrogens with one attached hydrogen (secondary N) is 1. The van der Waals surface area contributed by atoms with Crippen LogP contribution < -0.4 is 5.32 Å². The standard InChI is InChI=1S/C29H29N3O3S/c1-20-23(19-31-14-16-36-17-15-31)8-5-9-26(20)30-27(33)22-10-11-24-25(18-22)29(35)32(28(24)34)13-12-21-6-3-2-4-7-21/h2-11,18H,12-17,19H2,1H3,(H,30,33). The molecule has 5 rings (SSSR count). The van der Waals surface area contributed by atoms with Gasteiger partial charge in [-0.05, 0) is 54.3 Å². The molecule has 2 heterocycles. The van der Waals surface area contributed by atoms with E-state index in [1.165, 1.54) is 16.5 Å². The molecule has 1 fully saturated rings. The summed E-state index contributed by atoms with van der Waals surface area (Å²) in [7, 11) is 0. The maximum absolute atomic E-state index is 13.1. The second-order valence-electron chi connectivity index (χ2n) is 9.19. The molecule has 0 bridgehead atoms. The number of imide groups is 1. The number of anilines is 1. The summed E-state index contributed by atoms with van der Waals surface area (Å²) in [6.07, 6.45) is 0.589. The Labute approximate surface area is 215 Å². The predicted molar refractivity (Wildman–Crippen MR) is 144 cm³/mol. The van der Waals surface area contributed by atoms with E-state index in [9.17, 15) is 14.4 Å². The molecule has 0 spiro atoms. The Balaban J connectivity index is 1.28. The van der Waals surface area contributed by atoms with Gasteiger partial charge in [-0.3, -0.25) is 24.2 Å². The fourth-order valence-corrected chi connectivity index (χ4v) is 5.68. The quantitative estimate of drug-likeness (QED) is 0.480. The zero-order valence-corrected chi connectivity index (χ0v) is 21.1. The fraction of sp³-hybridized carbons (Fsp3) is 0.276. The van der Waals surface area contributed by atoms with Crippen molar-refractivity contribution in [1.82, 2.24) is 9.80 Å².